The van der Waals surface area contributed by atoms with Crippen LogP contribution in [-0.2, 0) is 4.79 Å². The highest BCUT2D eigenvalue weighted by Gasteiger charge is 2.52. The Morgan fingerprint density at radius 3 is 3.00 bits per heavy atom. The molecular formula is C22H23FN6O. The molecule has 4 heterocycles. The van der Waals surface area contributed by atoms with Gasteiger partial charge in [0.2, 0.25) is 0 Å². The zero-order chi connectivity index (χ0) is 20.9. The predicted octanol–water partition coefficient (Wildman–Crippen LogP) is 2.52. The number of piperazine rings is 1. The highest BCUT2D eigenvalue weighted by atomic mass is 19.1. The summed E-state index contributed by atoms with van der Waals surface area (Å²) in [7, 11) is 1.83. The van der Waals surface area contributed by atoms with E-state index in [0.29, 0.717) is 24.4 Å². The van der Waals surface area contributed by atoms with Crippen molar-refractivity contribution in [2.24, 2.45) is 4.99 Å². The second kappa shape index (κ2) is 6.91. The summed E-state index contributed by atoms with van der Waals surface area (Å²) in [4.78, 5) is 26.4. The van der Waals surface area contributed by atoms with Crippen LogP contribution in [0.2, 0.25) is 0 Å². The van der Waals surface area contributed by atoms with Gasteiger partial charge in [0.25, 0.3) is 5.91 Å². The molecule has 1 N–H and O–H groups in total. The molecule has 3 unspecified atom stereocenters. The second-order valence-electron chi connectivity index (χ2n) is 7.72. The molecular weight excluding hydrogens is 383 g/mol. The van der Waals surface area contributed by atoms with Crippen LogP contribution < -0.4 is 5.32 Å². The molecule has 3 aliphatic rings. The average molecular weight is 406 g/mol. The molecule has 2 aromatic rings. The normalized spacial score (nSPS) is 27.7. The number of fused-ring (bicyclic) bond motifs is 3. The van der Waals surface area contributed by atoms with Crippen LogP contribution in [-0.4, -0.2) is 56.3 Å². The molecule has 0 bridgehead atoms. The minimum absolute atomic E-state index is 0.0675. The van der Waals surface area contributed by atoms with Crippen molar-refractivity contribution in [3.05, 3.63) is 66.9 Å². The van der Waals surface area contributed by atoms with E-state index in [1.807, 2.05) is 60.1 Å². The largest absolute Gasteiger partial charge is 0.332 e. The molecule has 5 rings (SSSR count). The highest BCUT2D eigenvalue weighted by Crippen LogP contribution is 2.36. The number of carbonyl (C=O) groups excluding carboxylic acids is 1. The summed E-state index contributed by atoms with van der Waals surface area (Å²) >= 11 is 0. The maximum absolute atomic E-state index is 13.8. The van der Waals surface area contributed by atoms with Gasteiger partial charge in [-0.1, -0.05) is 25.1 Å². The van der Waals surface area contributed by atoms with Crippen LogP contribution in [0.1, 0.15) is 19.6 Å². The van der Waals surface area contributed by atoms with E-state index >= 15 is 0 Å². The molecule has 1 aromatic carbocycles. The number of halogens is 1. The van der Waals surface area contributed by atoms with Gasteiger partial charge in [0.1, 0.15) is 29.1 Å². The maximum Gasteiger partial charge on any atom is 0.253 e. The van der Waals surface area contributed by atoms with Crippen molar-refractivity contribution in [2.75, 3.05) is 13.6 Å². The number of rotatable bonds is 3. The van der Waals surface area contributed by atoms with Gasteiger partial charge in [-0.05, 0) is 30.7 Å². The number of aromatic nitrogens is 2. The first-order valence-electron chi connectivity index (χ1n) is 10.1. The Hall–Kier alpha value is -3.26. The van der Waals surface area contributed by atoms with Gasteiger partial charge in [0.05, 0.1) is 0 Å². The lowest BCUT2D eigenvalue weighted by molar-refractivity contribution is -0.141. The van der Waals surface area contributed by atoms with Crippen molar-refractivity contribution in [3.8, 4) is 11.4 Å². The van der Waals surface area contributed by atoms with Gasteiger partial charge in [-0.2, -0.15) is 0 Å². The maximum atomic E-state index is 13.8. The van der Waals surface area contributed by atoms with Crippen LogP contribution in [0.25, 0.3) is 11.4 Å². The Morgan fingerprint density at radius 1 is 1.33 bits per heavy atom. The molecule has 0 aliphatic carbocycles. The number of carbonyl (C=O) groups is 1. The van der Waals surface area contributed by atoms with Gasteiger partial charge in [-0.15, -0.1) is 0 Å². The minimum Gasteiger partial charge on any atom is -0.332 e. The Bertz CT molecular complexity index is 1090. The number of nitrogens with zero attached hydrogens (tertiary/aromatic N) is 5. The third kappa shape index (κ3) is 2.64. The topological polar surface area (TPSA) is 65.8 Å². The van der Waals surface area contributed by atoms with E-state index in [2.05, 4.69) is 10.3 Å². The first kappa shape index (κ1) is 18.7. The molecule has 0 saturated carbocycles. The van der Waals surface area contributed by atoms with Crippen molar-refractivity contribution in [1.82, 2.24) is 24.7 Å². The predicted molar refractivity (Wildman–Crippen MR) is 112 cm³/mol. The van der Waals surface area contributed by atoms with Crippen LogP contribution in [0.4, 0.5) is 4.39 Å². The van der Waals surface area contributed by atoms with E-state index in [9.17, 15) is 9.18 Å². The molecule has 0 spiro atoms. The number of allylic oxidation sites excluding steroid dienone is 2. The third-order valence-corrected chi connectivity index (χ3v) is 6.15. The number of hydrogen-bond donors (Lipinski definition) is 1. The minimum atomic E-state index is -0.749. The summed E-state index contributed by atoms with van der Waals surface area (Å²) in [5.41, 5.74) is -0.0649. The second-order valence-corrected chi connectivity index (χ2v) is 7.72. The molecule has 154 valence electrons. The van der Waals surface area contributed by atoms with Crippen LogP contribution in [0, 0.1) is 5.82 Å². The number of aliphatic imine (C=N–C) groups is 1. The van der Waals surface area contributed by atoms with E-state index < -0.39 is 11.8 Å². The summed E-state index contributed by atoms with van der Waals surface area (Å²) in [6, 6.07) is 6.21. The van der Waals surface area contributed by atoms with Crippen molar-refractivity contribution in [3.63, 3.8) is 0 Å². The quantitative estimate of drug-likeness (QED) is 0.851. The van der Waals surface area contributed by atoms with Gasteiger partial charge < -0.3 is 9.80 Å². The fraction of sp³-hybridized carbons (Fsp3) is 0.318. The number of nitrogens with one attached hydrogen (secondary N) is 1. The van der Waals surface area contributed by atoms with Crippen molar-refractivity contribution in [2.45, 2.75) is 31.2 Å². The first-order valence-corrected chi connectivity index (χ1v) is 10.1. The number of amidine groups is 1. The van der Waals surface area contributed by atoms with E-state index in [4.69, 9.17) is 4.99 Å². The van der Waals surface area contributed by atoms with E-state index in [1.165, 1.54) is 12.1 Å². The third-order valence-electron chi connectivity index (χ3n) is 6.15. The van der Waals surface area contributed by atoms with Crippen molar-refractivity contribution in [1.29, 1.82) is 0 Å². The number of imidazole rings is 1. The summed E-state index contributed by atoms with van der Waals surface area (Å²) in [5, 5.41) is 3.40. The van der Waals surface area contributed by atoms with Crippen LogP contribution >= 0.6 is 0 Å². The van der Waals surface area contributed by atoms with Crippen LogP contribution in [0.3, 0.4) is 0 Å². The Morgan fingerprint density at radius 2 is 2.20 bits per heavy atom. The van der Waals surface area contributed by atoms with Gasteiger partial charge in [0.15, 0.2) is 6.29 Å². The fourth-order valence-electron chi connectivity index (χ4n) is 4.53. The zero-order valence-electron chi connectivity index (χ0n) is 16.9. The summed E-state index contributed by atoms with van der Waals surface area (Å²) in [6.07, 6.45) is 11.5. The number of amides is 1. The Labute approximate surface area is 174 Å². The van der Waals surface area contributed by atoms with Gasteiger partial charge in [0, 0.05) is 37.7 Å². The molecule has 3 atom stereocenters. The lowest BCUT2D eigenvalue weighted by Gasteiger charge is -2.53. The lowest BCUT2D eigenvalue weighted by atomic mass is 9.85. The van der Waals surface area contributed by atoms with Gasteiger partial charge in [-0.25, -0.2) is 14.4 Å². The molecule has 1 saturated heterocycles. The summed E-state index contributed by atoms with van der Waals surface area (Å²) in [5.74, 6) is 1.22. The Kier molecular flexibility index (Phi) is 4.32. The highest BCUT2D eigenvalue weighted by molar-refractivity contribution is 6.04. The monoisotopic (exact) mass is 406 g/mol. The molecule has 0 radical (unpaired) electrons. The van der Waals surface area contributed by atoms with E-state index in [1.54, 1.807) is 17.2 Å². The van der Waals surface area contributed by atoms with Gasteiger partial charge in [-0.3, -0.25) is 14.7 Å². The lowest BCUT2D eigenvalue weighted by Crippen LogP contribution is -2.71. The molecule has 1 aromatic heterocycles. The molecule has 1 fully saturated rings. The molecule has 7 nitrogen and oxygen atoms in total. The van der Waals surface area contributed by atoms with E-state index in [-0.39, 0.29) is 17.8 Å². The first-order chi connectivity index (χ1) is 14.5. The van der Waals surface area contributed by atoms with E-state index in [0.717, 1.165) is 5.84 Å². The van der Waals surface area contributed by atoms with Gasteiger partial charge >= 0.3 is 0 Å². The average Bonchev–Trinajstić information content (AvgIpc) is 3.27. The molecule has 8 heteroatoms. The van der Waals surface area contributed by atoms with Crippen molar-refractivity contribution < 1.29 is 9.18 Å². The van der Waals surface area contributed by atoms with Crippen LogP contribution in [0.15, 0.2) is 66.1 Å². The van der Waals surface area contributed by atoms with Crippen molar-refractivity contribution >= 4 is 11.7 Å². The summed E-state index contributed by atoms with van der Waals surface area (Å²) in [6.45, 7) is 2.57. The summed E-state index contributed by atoms with van der Waals surface area (Å²) < 4.78 is 15.7. The van der Waals surface area contributed by atoms with Crippen LogP contribution in [0.5, 0.6) is 0 Å². The Balaban J connectivity index is 1.58. The number of likely N-dealkylation sites (N-methyl/N-ethyl adjacent to an activating group) is 1. The molecule has 1 amide bonds. The fourth-order valence-corrected chi connectivity index (χ4v) is 4.53. The SMILES string of the molecule is CCC12C=CC=CN1C1=NC(n3ccnc3-c3cccc(F)c3)NCC1N(C)C2=O. The number of hydrogen-bond acceptors (Lipinski definition) is 5. The smallest absolute Gasteiger partial charge is 0.253 e. The zero-order valence-corrected chi connectivity index (χ0v) is 16.9. The molecule has 3 aliphatic heterocycles. The number of benzene rings is 1. The molecule has 30 heavy (non-hydrogen) atoms. The standard InChI is InChI=1S/C22H23FN6O/c1-3-22-9-4-5-11-29(22)19-17(27(2)20(22)30)14-25-21(26-19)28-12-10-24-18(28)15-7-6-8-16(23)13-15/h4-13,17,21,25H,3,14H2,1-2H3.